The molecule has 120 valence electrons. The van der Waals surface area contributed by atoms with Crippen LogP contribution in [0.1, 0.15) is 31.9 Å². The number of nitrogens with zero attached hydrogens (tertiary/aromatic N) is 1. The van der Waals surface area contributed by atoms with E-state index < -0.39 is 10.1 Å². The number of hydrogen-bond acceptors (Lipinski definition) is 4. The smallest absolute Gasteiger partial charge is 0.339 e. The third-order valence-corrected chi connectivity index (χ3v) is 4.81. The van der Waals surface area contributed by atoms with Crippen LogP contribution in [-0.4, -0.2) is 8.42 Å². The molecule has 2 aromatic carbocycles. The second-order valence-electron chi connectivity index (χ2n) is 6.07. The Balaban J connectivity index is 2.36. The molecular formula is C17H16ClNO3S. The molecule has 0 aliphatic heterocycles. The Bertz CT molecular complexity index is 877. The van der Waals surface area contributed by atoms with E-state index in [2.05, 4.69) is 0 Å². The van der Waals surface area contributed by atoms with Gasteiger partial charge >= 0.3 is 10.1 Å². The van der Waals surface area contributed by atoms with Gasteiger partial charge in [-0.1, -0.05) is 44.5 Å². The highest BCUT2D eigenvalue weighted by molar-refractivity contribution is 7.87. The maximum atomic E-state index is 12.4. The predicted octanol–water partition coefficient (Wildman–Crippen LogP) is 4.28. The van der Waals surface area contributed by atoms with Gasteiger partial charge in [-0.25, -0.2) is 0 Å². The van der Waals surface area contributed by atoms with Crippen LogP contribution in [0.25, 0.3) is 0 Å². The Hall–Kier alpha value is -2.03. The molecule has 0 aliphatic rings. The Morgan fingerprint density at radius 1 is 1.13 bits per heavy atom. The van der Waals surface area contributed by atoms with E-state index >= 15 is 0 Å². The summed E-state index contributed by atoms with van der Waals surface area (Å²) in [5.41, 5.74) is 1.05. The normalized spacial score (nSPS) is 11.8. The molecule has 0 N–H and O–H groups in total. The maximum Gasteiger partial charge on any atom is 0.339 e. The minimum absolute atomic E-state index is 0.0700. The lowest BCUT2D eigenvalue weighted by Gasteiger charge is -2.19. The molecule has 0 atom stereocenters. The fourth-order valence-electron chi connectivity index (χ4n) is 1.93. The monoisotopic (exact) mass is 349 g/mol. The van der Waals surface area contributed by atoms with Gasteiger partial charge in [-0.15, -0.1) is 0 Å². The van der Waals surface area contributed by atoms with Crippen molar-refractivity contribution in [3.05, 3.63) is 58.6 Å². The summed E-state index contributed by atoms with van der Waals surface area (Å²) in [7, 11) is -4.02. The highest BCUT2D eigenvalue weighted by Crippen LogP contribution is 2.28. The second-order valence-corrected chi connectivity index (χ2v) is 8.02. The highest BCUT2D eigenvalue weighted by Gasteiger charge is 2.20. The summed E-state index contributed by atoms with van der Waals surface area (Å²) >= 11 is 5.88. The quantitative estimate of drug-likeness (QED) is 0.776. The lowest BCUT2D eigenvalue weighted by Crippen LogP contribution is -2.13. The Kier molecular flexibility index (Phi) is 4.69. The van der Waals surface area contributed by atoms with Crippen molar-refractivity contribution in [3.8, 4) is 11.8 Å². The van der Waals surface area contributed by atoms with Crippen molar-refractivity contribution in [1.82, 2.24) is 0 Å². The van der Waals surface area contributed by atoms with Crippen LogP contribution in [0, 0.1) is 11.3 Å². The molecule has 0 aromatic heterocycles. The molecule has 0 amide bonds. The SMILES string of the molecule is CC(C)(C)c1cccc(OS(=O)(=O)c2ccc(C#N)c(Cl)c2)c1. The van der Waals surface area contributed by atoms with Crippen molar-refractivity contribution in [2.24, 2.45) is 0 Å². The zero-order chi connectivity index (χ0) is 17.3. The minimum atomic E-state index is -4.02. The first kappa shape index (κ1) is 17.3. The molecular weight excluding hydrogens is 334 g/mol. The summed E-state index contributed by atoms with van der Waals surface area (Å²) in [4.78, 5) is -0.0948. The van der Waals surface area contributed by atoms with E-state index in [1.54, 1.807) is 18.2 Å². The molecule has 4 nitrogen and oxygen atoms in total. The molecule has 0 heterocycles. The van der Waals surface area contributed by atoms with Gasteiger partial charge in [0.1, 0.15) is 16.7 Å². The fraction of sp³-hybridized carbons (Fsp3) is 0.235. The van der Waals surface area contributed by atoms with Crippen molar-refractivity contribution >= 4 is 21.7 Å². The van der Waals surface area contributed by atoms with Gasteiger partial charge in [0.05, 0.1) is 10.6 Å². The van der Waals surface area contributed by atoms with Crippen molar-refractivity contribution in [1.29, 1.82) is 5.26 Å². The number of halogens is 1. The van der Waals surface area contributed by atoms with E-state index in [-0.39, 0.29) is 26.6 Å². The third kappa shape index (κ3) is 4.04. The van der Waals surface area contributed by atoms with E-state index in [9.17, 15) is 8.42 Å². The Morgan fingerprint density at radius 2 is 1.83 bits per heavy atom. The summed E-state index contributed by atoms with van der Waals surface area (Å²) in [6.45, 7) is 6.09. The van der Waals surface area contributed by atoms with Gasteiger partial charge < -0.3 is 4.18 Å². The molecule has 2 rings (SSSR count). The van der Waals surface area contributed by atoms with Crippen molar-refractivity contribution in [3.63, 3.8) is 0 Å². The van der Waals surface area contributed by atoms with Crippen molar-refractivity contribution < 1.29 is 12.6 Å². The van der Waals surface area contributed by atoms with Gasteiger partial charge in [0.15, 0.2) is 0 Å². The minimum Gasteiger partial charge on any atom is -0.379 e. The predicted molar refractivity (Wildman–Crippen MR) is 89.1 cm³/mol. The topological polar surface area (TPSA) is 67.2 Å². The number of rotatable bonds is 3. The zero-order valence-corrected chi connectivity index (χ0v) is 14.6. The molecule has 0 saturated carbocycles. The van der Waals surface area contributed by atoms with Gasteiger partial charge in [-0.3, -0.25) is 0 Å². The van der Waals surface area contributed by atoms with Crippen LogP contribution in [0.4, 0.5) is 0 Å². The van der Waals surface area contributed by atoms with E-state index in [0.717, 1.165) is 5.56 Å². The lowest BCUT2D eigenvalue weighted by atomic mass is 9.87. The van der Waals surface area contributed by atoms with Gasteiger partial charge in [0.2, 0.25) is 0 Å². The van der Waals surface area contributed by atoms with Crippen LogP contribution in [0.5, 0.6) is 5.75 Å². The Labute approximate surface area is 141 Å². The average molecular weight is 350 g/mol. The molecule has 2 aromatic rings. The van der Waals surface area contributed by atoms with Crippen LogP contribution in [0.15, 0.2) is 47.4 Å². The van der Waals surface area contributed by atoms with Crippen molar-refractivity contribution in [2.45, 2.75) is 31.1 Å². The standard InChI is InChI=1S/C17H16ClNO3S/c1-17(2,3)13-5-4-6-14(9-13)22-23(20,21)15-8-7-12(11-19)16(18)10-15/h4-10H,1-3H3. The van der Waals surface area contributed by atoms with E-state index in [0.29, 0.717) is 0 Å². The van der Waals surface area contributed by atoms with E-state index in [4.69, 9.17) is 21.0 Å². The van der Waals surface area contributed by atoms with Crippen LogP contribution >= 0.6 is 11.6 Å². The van der Waals surface area contributed by atoms with Crippen LogP contribution in [0.2, 0.25) is 5.02 Å². The van der Waals surface area contributed by atoms with Crippen LogP contribution < -0.4 is 4.18 Å². The number of nitriles is 1. The first-order valence-electron chi connectivity index (χ1n) is 6.88. The first-order chi connectivity index (χ1) is 10.6. The van der Waals surface area contributed by atoms with E-state index in [1.165, 1.54) is 18.2 Å². The van der Waals surface area contributed by atoms with Gasteiger partial charge in [-0.05, 0) is 41.3 Å². The van der Waals surface area contributed by atoms with Gasteiger partial charge in [0.25, 0.3) is 0 Å². The van der Waals surface area contributed by atoms with E-state index in [1.807, 2.05) is 32.9 Å². The first-order valence-corrected chi connectivity index (χ1v) is 8.67. The average Bonchev–Trinajstić information content (AvgIpc) is 2.46. The molecule has 6 heteroatoms. The summed E-state index contributed by atoms with van der Waals surface area (Å²) < 4.78 is 29.9. The molecule has 0 aliphatic carbocycles. The third-order valence-electron chi connectivity index (χ3n) is 3.26. The summed E-state index contributed by atoms with van der Waals surface area (Å²) in [6, 6.07) is 12.7. The van der Waals surface area contributed by atoms with Gasteiger partial charge in [0, 0.05) is 0 Å². The lowest BCUT2D eigenvalue weighted by molar-refractivity contribution is 0.484. The highest BCUT2D eigenvalue weighted by atomic mass is 35.5. The number of hydrogen-bond donors (Lipinski definition) is 0. The van der Waals surface area contributed by atoms with Crippen LogP contribution in [-0.2, 0) is 15.5 Å². The number of benzene rings is 2. The Morgan fingerprint density at radius 3 is 2.39 bits per heavy atom. The summed E-state index contributed by atoms with van der Waals surface area (Å²) in [5, 5.41) is 8.91. The molecule has 0 radical (unpaired) electrons. The maximum absolute atomic E-state index is 12.4. The van der Waals surface area contributed by atoms with Crippen LogP contribution in [0.3, 0.4) is 0 Å². The molecule has 0 saturated heterocycles. The summed E-state index contributed by atoms with van der Waals surface area (Å²) in [5.74, 6) is 0.234. The van der Waals surface area contributed by atoms with Crippen molar-refractivity contribution in [2.75, 3.05) is 0 Å². The van der Waals surface area contributed by atoms with Gasteiger partial charge in [-0.2, -0.15) is 13.7 Å². The second kappa shape index (κ2) is 6.23. The fourth-order valence-corrected chi connectivity index (χ4v) is 3.17. The molecule has 0 bridgehead atoms. The largest absolute Gasteiger partial charge is 0.379 e. The summed E-state index contributed by atoms with van der Waals surface area (Å²) in [6.07, 6.45) is 0. The molecule has 0 spiro atoms. The zero-order valence-electron chi connectivity index (χ0n) is 13.0. The molecule has 23 heavy (non-hydrogen) atoms. The molecule has 0 fully saturated rings. The molecule has 0 unspecified atom stereocenters.